The molecule has 0 radical (unpaired) electrons. The first-order valence-electron chi connectivity index (χ1n) is 8.91. The Morgan fingerprint density at radius 2 is 0.526 bits per heavy atom. The predicted molar refractivity (Wildman–Crippen MR) is 91.9 cm³/mol. The first kappa shape index (κ1) is 21.0. The molecule has 0 heterocycles. The molecule has 0 saturated carbocycles. The Bertz CT molecular complexity index is 114. The van der Waals surface area contributed by atoms with E-state index in [0.29, 0.717) is 0 Å². The molecule has 0 unspecified atom stereocenters. The van der Waals surface area contributed by atoms with E-state index in [9.17, 15) is 0 Å². The van der Waals surface area contributed by atoms with Crippen molar-refractivity contribution in [1.29, 1.82) is 0 Å². The molecule has 0 heteroatoms. The van der Waals surface area contributed by atoms with Gasteiger partial charge in [-0.3, -0.25) is 0 Å². The van der Waals surface area contributed by atoms with Crippen LogP contribution in [0.15, 0.2) is 13.2 Å². The average molecular weight is 269 g/mol. The maximum Gasteiger partial charge on any atom is -0.0533 e. The van der Waals surface area contributed by atoms with Crippen LogP contribution in [0.2, 0.25) is 0 Å². The zero-order chi connectivity index (χ0) is 14.6. The molecule has 0 amide bonds. The highest BCUT2D eigenvalue weighted by molar-refractivity contribution is 4.48. The number of unbranched alkanes of at least 4 members (excludes halogenated alkanes) is 14. The highest BCUT2D eigenvalue weighted by Gasteiger charge is 1.93. The lowest BCUT2D eigenvalue weighted by atomic mass is 10.0. The van der Waals surface area contributed by atoms with Gasteiger partial charge in [-0.15, -0.1) is 13.2 Å². The van der Waals surface area contributed by atoms with Gasteiger partial charge < -0.3 is 0 Å². The number of hydrogen-bond acceptors (Lipinski definition) is 0. The molecule has 0 rings (SSSR count). The van der Waals surface area contributed by atoms with Crippen LogP contribution < -0.4 is 0 Å². The van der Waals surface area contributed by atoms with Gasteiger partial charge in [0.15, 0.2) is 0 Å². The molecule has 0 spiro atoms. The second-order valence-corrected chi connectivity index (χ2v) is 5.60. The van der Waals surface area contributed by atoms with Crippen molar-refractivity contribution in [3.05, 3.63) is 13.2 Å². The summed E-state index contributed by atoms with van der Waals surface area (Å²) in [5.41, 5.74) is 0. The van der Waals surface area contributed by atoms with Crippen LogP contribution in [0, 0.1) is 0 Å². The minimum atomic E-state index is 1.37. The first-order valence-corrected chi connectivity index (χ1v) is 8.91. The van der Waals surface area contributed by atoms with Crippen molar-refractivity contribution in [1.82, 2.24) is 0 Å². The fourth-order valence-corrected chi connectivity index (χ4v) is 2.44. The molecule has 0 fully saturated rings. The van der Waals surface area contributed by atoms with Crippen LogP contribution in [0.25, 0.3) is 0 Å². The van der Waals surface area contributed by atoms with Crippen molar-refractivity contribution in [3.63, 3.8) is 0 Å². The average Bonchev–Trinajstić information content (AvgIpc) is 2.46. The molecule has 0 aromatic carbocycles. The summed E-state index contributed by atoms with van der Waals surface area (Å²) in [6, 6.07) is 0. The molecule has 19 heavy (non-hydrogen) atoms. The van der Waals surface area contributed by atoms with Crippen molar-refractivity contribution >= 4 is 0 Å². The second kappa shape index (κ2) is 22.9. The molecule has 0 aliphatic carbocycles. The van der Waals surface area contributed by atoms with Crippen molar-refractivity contribution in [2.45, 2.75) is 110 Å². The third-order valence-corrected chi connectivity index (χ3v) is 3.71. The topological polar surface area (TPSA) is 0 Å². The SMILES string of the molecule is C=C.CCCCCCCCCCCCCCCCC. The molecule has 0 bridgehead atoms. The lowest BCUT2D eigenvalue weighted by molar-refractivity contribution is 0.534. The van der Waals surface area contributed by atoms with E-state index in [1.165, 1.54) is 96.3 Å². The molecule has 0 aromatic heterocycles. The molecule has 0 aliphatic heterocycles. The van der Waals surface area contributed by atoms with E-state index in [-0.39, 0.29) is 0 Å². The Labute approximate surface area is 124 Å². The monoisotopic (exact) mass is 268 g/mol. The summed E-state index contributed by atoms with van der Waals surface area (Å²) in [4.78, 5) is 0. The fourth-order valence-electron chi connectivity index (χ4n) is 2.44. The summed E-state index contributed by atoms with van der Waals surface area (Å²) in [6.45, 7) is 10.6. The van der Waals surface area contributed by atoms with Gasteiger partial charge >= 0.3 is 0 Å². The highest BCUT2D eigenvalue weighted by Crippen LogP contribution is 2.13. The van der Waals surface area contributed by atoms with Gasteiger partial charge in [0.05, 0.1) is 0 Å². The summed E-state index contributed by atoms with van der Waals surface area (Å²) in [6.07, 6.45) is 21.9. The summed E-state index contributed by atoms with van der Waals surface area (Å²) in [5.74, 6) is 0. The van der Waals surface area contributed by atoms with Crippen molar-refractivity contribution in [3.8, 4) is 0 Å². The third kappa shape index (κ3) is 23.3. The quantitative estimate of drug-likeness (QED) is 0.224. The molecular weight excluding hydrogens is 228 g/mol. The van der Waals surface area contributed by atoms with Gasteiger partial charge in [0.2, 0.25) is 0 Å². The van der Waals surface area contributed by atoms with Crippen molar-refractivity contribution in [2.75, 3.05) is 0 Å². The van der Waals surface area contributed by atoms with Crippen molar-refractivity contribution in [2.24, 2.45) is 0 Å². The maximum absolute atomic E-state index is 3.00. The Balaban J connectivity index is 0. The van der Waals surface area contributed by atoms with E-state index in [1.807, 2.05) is 0 Å². The van der Waals surface area contributed by atoms with E-state index in [0.717, 1.165) is 0 Å². The van der Waals surface area contributed by atoms with Gasteiger partial charge in [-0.25, -0.2) is 0 Å². The van der Waals surface area contributed by atoms with E-state index in [2.05, 4.69) is 27.0 Å². The smallest absolute Gasteiger partial charge is 0.0533 e. The molecule has 0 aromatic rings. The standard InChI is InChI=1S/C17H36.C2H4/c1-3-5-7-9-11-13-15-17-16-14-12-10-8-6-4-2;1-2/h3-17H2,1-2H3;1-2H2. The van der Waals surface area contributed by atoms with E-state index >= 15 is 0 Å². The zero-order valence-electron chi connectivity index (χ0n) is 14.0. The Morgan fingerprint density at radius 3 is 0.684 bits per heavy atom. The Morgan fingerprint density at radius 1 is 0.368 bits per heavy atom. The zero-order valence-corrected chi connectivity index (χ0v) is 14.0. The summed E-state index contributed by atoms with van der Waals surface area (Å²) in [5, 5.41) is 0. The van der Waals surface area contributed by atoms with Crippen LogP contribution in [-0.4, -0.2) is 0 Å². The highest BCUT2D eigenvalue weighted by atomic mass is 14.0. The van der Waals surface area contributed by atoms with E-state index < -0.39 is 0 Å². The number of rotatable bonds is 14. The normalized spacial score (nSPS) is 10.0. The molecular formula is C19H40. The van der Waals surface area contributed by atoms with Gasteiger partial charge in [-0.05, 0) is 0 Å². The van der Waals surface area contributed by atoms with Crippen LogP contribution in [0.5, 0.6) is 0 Å². The summed E-state index contributed by atoms with van der Waals surface area (Å²) < 4.78 is 0. The molecule has 0 aliphatic rings. The Hall–Kier alpha value is -0.260. The number of hydrogen-bond donors (Lipinski definition) is 0. The van der Waals surface area contributed by atoms with Gasteiger partial charge in [-0.1, -0.05) is 110 Å². The first-order chi connectivity index (χ1) is 9.41. The van der Waals surface area contributed by atoms with Crippen molar-refractivity contribution < 1.29 is 0 Å². The van der Waals surface area contributed by atoms with Gasteiger partial charge in [0, 0.05) is 0 Å². The summed E-state index contributed by atoms with van der Waals surface area (Å²) in [7, 11) is 0. The van der Waals surface area contributed by atoms with Gasteiger partial charge in [0.25, 0.3) is 0 Å². The molecule has 0 nitrogen and oxygen atoms in total. The van der Waals surface area contributed by atoms with E-state index in [1.54, 1.807) is 0 Å². The summed E-state index contributed by atoms with van der Waals surface area (Å²) >= 11 is 0. The third-order valence-electron chi connectivity index (χ3n) is 3.71. The largest absolute Gasteiger partial charge is 0.106 e. The van der Waals surface area contributed by atoms with Crippen LogP contribution >= 0.6 is 0 Å². The molecule has 0 N–H and O–H groups in total. The molecule has 0 saturated heterocycles. The minimum Gasteiger partial charge on any atom is -0.106 e. The molecule has 0 atom stereocenters. The van der Waals surface area contributed by atoms with E-state index in [4.69, 9.17) is 0 Å². The second-order valence-electron chi connectivity index (χ2n) is 5.60. The van der Waals surface area contributed by atoms with Crippen LogP contribution in [0.4, 0.5) is 0 Å². The predicted octanol–water partition coefficient (Wildman–Crippen LogP) is 7.68. The minimum absolute atomic E-state index is 1.37. The maximum atomic E-state index is 3.00. The lowest BCUT2D eigenvalue weighted by Gasteiger charge is -2.02. The fraction of sp³-hybridized carbons (Fsp3) is 0.895. The van der Waals surface area contributed by atoms with Crippen LogP contribution in [0.1, 0.15) is 110 Å². The van der Waals surface area contributed by atoms with Gasteiger partial charge in [0.1, 0.15) is 0 Å². The van der Waals surface area contributed by atoms with Crippen LogP contribution in [0.3, 0.4) is 0 Å². The Kier molecular flexibility index (Phi) is 25.3. The lowest BCUT2D eigenvalue weighted by Crippen LogP contribution is -1.82. The van der Waals surface area contributed by atoms with Crippen LogP contribution in [-0.2, 0) is 0 Å². The molecule has 116 valence electrons. The van der Waals surface area contributed by atoms with Gasteiger partial charge in [-0.2, -0.15) is 0 Å².